The van der Waals surface area contributed by atoms with E-state index in [0.717, 1.165) is 11.8 Å². The lowest BCUT2D eigenvalue weighted by molar-refractivity contribution is 0.390. The quantitative estimate of drug-likeness (QED) is 0.269. The predicted molar refractivity (Wildman–Crippen MR) is 94.3 cm³/mol. The van der Waals surface area contributed by atoms with Gasteiger partial charge in [-0.3, -0.25) is 0 Å². The van der Waals surface area contributed by atoms with Gasteiger partial charge in [-0.25, -0.2) is 0 Å². The molecule has 0 aromatic rings. The Morgan fingerprint density at radius 1 is 0.550 bits per heavy atom. The number of hydrogen-bond acceptors (Lipinski definition) is 0. The summed E-state index contributed by atoms with van der Waals surface area (Å²) in [7, 11) is 0. The van der Waals surface area contributed by atoms with Crippen LogP contribution in [-0.2, 0) is 0 Å². The van der Waals surface area contributed by atoms with E-state index < -0.39 is 0 Å². The van der Waals surface area contributed by atoms with Gasteiger partial charge in [0, 0.05) is 0 Å². The minimum absolute atomic E-state index is 0.948. The summed E-state index contributed by atoms with van der Waals surface area (Å²) in [6, 6.07) is 0. The second kappa shape index (κ2) is 15.4. The van der Waals surface area contributed by atoms with Crippen LogP contribution in [0.3, 0.4) is 0 Å². The third kappa shape index (κ3) is 13.0. The fourth-order valence-corrected chi connectivity index (χ4v) is 3.26. The van der Waals surface area contributed by atoms with Crippen LogP contribution in [0.2, 0.25) is 0 Å². The summed E-state index contributed by atoms with van der Waals surface area (Å²) in [6.45, 7) is 9.38. The Bertz CT molecular complexity index is 167. The monoisotopic (exact) mass is 282 g/mol. The molecule has 0 N–H and O–H groups in total. The molecule has 0 amide bonds. The molecule has 0 heteroatoms. The summed E-state index contributed by atoms with van der Waals surface area (Å²) < 4.78 is 0. The Hall–Kier alpha value is 0. The van der Waals surface area contributed by atoms with Gasteiger partial charge in [-0.15, -0.1) is 0 Å². The van der Waals surface area contributed by atoms with E-state index in [4.69, 9.17) is 0 Å². The first-order chi connectivity index (χ1) is 9.74. The fraction of sp³-hybridized carbons (Fsp3) is 1.00. The van der Waals surface area contributed by atoms with E-state index in [1.54, 1.807) is 0 Å². The van der Waals surface area contributed by atoms with Crippen molar-refractivity contribution in [1.82, 2.24) is 0 Å². The highest BCUT2D eigenvalue weighted by Crippen LogP contribution is 2.21. The molecule has 0 saturated heterocycles. The molecule has 0 radical (unpaired) electrons. The van der Waals surface area contributed by atoms with Gasteiger partial charge in [0.2, 0.25) is 0 Å². The van der Waals surface area contributed by atoms with Gasteiger partial charge in [-0.1, -0.05) is 118 Å². The Kier molecular flexibility index (Phi) is 15.4. The molecule has 0 aliphatic heterocycles. The van der Waals surface area contributed by atoms with E-state index in [2.05, 4.69) is 27.7 Å². The summed E-state index contributed by atoms with van der Waals surface area (Å²) in [4.78, 5) is 0. The fourth-order valence-electron chi connectivity index (χ4n) is 3.26. The minimum Gasteiger partial charge on any atom is -0.0654 e. The predicted octanol–water partition coefficient (Wildman–Crippen LogP) is 7.76. The maximum atomic E-state index is 2.39. The van der Waals surface area contributed by atoms with Crippen LogP contribution < -0.4 is 0 Å². The first-order valence-electron chi connectivity index (χ1n) is 9.74. The smallest absolute Gasteiger partial charge is 0.0414 e. The molecule has 0 aromatic carbocycles. The molecule has 20 heavy (non-hydrogen) atoms. The Balaban J connectivity index is 3.26. The molecule has 0 spiro atoms. The van der Waals surface area contributed by atoms with Crippen molar-refractivity contribution in [3.8, 4) is 0 Å². The Morgan fingerprint density at radius 3 is 1.45 bits per heavy atom. The maximum absolute atomic E-state index is 2.39. The molecule has 0 bridgehead atoms. The van der Waals surface area contributed by atoms with Crippen molar-refractivity contribution in [3.63, 3.8) is 0 Å². The van der Waals surface area contributed by atoms with E-state index in [1.165, 1.54) is 89.9 Å². The Labute approximate surface area is 130 Å². The second-order valence-electron chi connectivity index (χ2n) is 7.01. The zero-order valence-electron chi connectivity index (χ0n) is 15.1. The highest BCUT2D eigenvalue weighted by Gasteiger charge is 2.05. The van der Waals surface area contributed by atoms with E-state index >= 15 is 0 Å². The number of hydrogen-bond donors (Lipinski definition) is 0. The van der Waals surface area contributed by atoms with Crippen molar-refractivity contribution in [2.24, 2.45) is 11.8 Å². The van der Waals surface area contributed by atoms with Crippen LogP contribution in [0.1, 0.15) is 118 Å². The summed E-state index contributed by atoms with van der Waals surface area (Å²) in [5.74, 6) is 1.98. The zero-order valence-corrected chi connectivity index (χ0v) is 15.1. The molecule has 1 unspecified atom stereocenters. The molecule has 0 heterocycles. The van der Waals surface area contributed by atoms with Gasteiger partial charge in [0.1, 0.15) is 0 Å². The number of rotatable bonds is 15. The lowest BCUT2D eigenvalue weighted by Crippen LogP contribution is -1.99. The third-order valence-electron chi connectivity index (χ3n) is 4.90. The van der Waals surface area contributed by atoms with Crippen LogP contribution in [0, 0.1) is 11.8 Å². The van der Waals surface area contributed by atoms with Gasteiger partial charge < -0.3 is 0 Å². The molecule has 0 aliphatic rings. The molecule has 0 saturated carbocycles. The molecular formula is C20H42. The van der Waals surface area contributed by atoms with E-state index in [-0.39, 0.29) is 0 Å². The maximum Gasteiger partial charge on any atom is -0.0414 e. The van der Waals surface area contributed by atoms with Crippen molar-refractivity contribution in [3.05, 3.63) is 0 Å². The van der Waals surface area contributed by atoms with Crippen LogP contribution in [0.25, 0.3) is 0 Å². The van der Waals surface area contributed by atoms with Crippen molar-refractivity contribution < 1.29 is 0 Å². The number of unbranched alkanes of at least 4 members (excludes halogenated alkanes) is 6. The van der Waals surface area contributed by atoms with Crippen LogP contribution in [0.5, 0.6) is 0 Å². The molecule has 0 fully saturated rings. The Morgan fingerprint density at radius 2 is 1.00 bits per heavy atom. The van der Waals surface area contributed by atoms with Gasteiger partial charge in [-0.2, -0.15) is 0 Å². The van der Waals surface area contributed by atoms with E-state index in [9.17, 15) is 0 Å². The normalized spacial score (nSPS) is 13.1. The van der Waals surface area contributed by atoms with E-state index in [1.807, 2.05) is 0 Å². The summed E-state index contributed by atoms with van der Waals surface area (Å²) in [5.41, 5.74) is 0. The van der Waals surface area contributed by atoms with Crippen LogP contribution in [0.4, 0.5) is 0 Å². The molecule has 0 nitrogen and oxygen atoms in total. The summed E-state index contributed by atoms with van der Waals surface area (Å²) >= 11 is 0. The molecular weight excluding hydrogens is 240 g/mol. The zero-order chi connectivity index (χ0) is 15.1. The average Bonchev–Trinajstić information content (AvgIpc) is 2.45. The minimum atomic E-state index is 0.948. The third-order valence-corrected chi connectivity index (χ3v) is 4.90. The lowest BCUT2D eigenvalue weighted by atomic mass is 9.92. The highest BCUT2D eigenvalue weighted by molar-refractivity contribution is 4.59. The van der Waals surface area contributed by atoms with Crippen molar-refractivity contribution in [2.75, 3.05) is 0 Å². The molecule has 0 aromatic heterocycles. The summed E-state index contributed by atoms with van der Waals surface area (Å²) in [5, 5.41) is 0. The molecule has 1 atom stereocenters. The average molecular weight is 283 g/mol. The van der Waals surface area contributed by atoms with E-state index in [0.29, 0.717) is 0 Å². The highest BCUT2D eigenvalue weighted by atomic mass is 14.1. The van der Waals surface area contributed by atoms with Gasteiger partial charge in [0.15, 0.2) is 0 Å². The van der Waals surface area contributed by atoms with Gasteiger partial charge in [0.25, 0.3) is 0 Å². The largest absolute Gasteiger partial charge is 0.0654 e. The van der Waals surface area contributed by atoms with Crippen LogP contribution >= 0.6 is 0 Å². The van der Waals surface area contributed by atoms with Crippen molar-refractivity contribution >= 4 is 0 Å². The van der Waals surface area contributed by atoms with Crippen molar-refractivity contribution in [1.29, 1.82) is 0 Å². The SMILES string of the molecule is CCCC(CCC)CCCCCCCCCC(C)CC. The topological polar surface area (TPSA) is 0 Å². The van der Waals surface area contributed by atoms with Gasteiger partial charge in [-0.05, 0) is 11.8 Å². The first-order valence-corrected chi connectivity index (χ1v) is 9.74. The van der Waals surface area contributed by atoms with Crippen LogP contribution in [0.15, 0.2) is 0 Å². The van der Waals surface area contributed by atoms with Crippen molar-refractivity contribution in [2.45, 2.75) is 118 Å². The van der Waals surface area contributed by atoms with Gasteiger partial charge in [0.05, 0.1) is 0 Å². The van der Waals surface area contributed by atoms with Crippen LogP contribution in [-0.4, -0.2) is 0 Å². The first kappa shape index (κ1) is 20.0. The molecule has 122 valence electrons. The standard InChI is InChI=1S/C20H42/c1-5-15-20(16-6-2)18-14-12-10-8-9-11-13-17-19(4)7-3/h19-20H,5-18H2,1-4H3. The molecule has 0 rings (SSSR count). The lowest BCUT2D eigenvalue weighted by Gasteiger charge is -2.14. The summed E-state index contributed by atoms with van der Waals surface area (Å²) in [6.07, 6.45) is 20.3. The second-order valence-corrected chi connectivity index (χ2v) is 7.01. The van der Waals surface area contributed by atoms with Gasteiger partial charge >= 0.3 is 0 Å². The molecule has 0 aliphatic carbocycles.